The van der Waals surface area contributed by atoms with Crippen LogP contribution in [0.2, 0.25) is 0 Å². The molecule has 3 aromatic carbocycles. The number of anilines is 1. The monoisotopic (exact) mass is 273 g/mol. The van der Waals surface area contributed by atoms with Crippen molar-refractivity contribution in [1.29, 1.82) is 0 Å². The molecule has 1 amide bonds. The predicted octanol–water partition coefficient (Wildman–Crippen LogP) is 4.59. The van der Waals surface area contributed by atoms with E-state index in [-0.39, 0.29) is 0 Å². The van der Waals surface area contributed by atoms with Gasteiger partial charge in [-0.25, -0.2) is 0 Å². The summed E-state index contributed by atoms with van der Waals surface area (Å²) in [6, 6.07) is 26.3. The summed E-state index contributed by atoms with van der Waals surface area (Å²) in [7, 11) is 0. The molecule has 1 N–H and O–H groups in total. The van der Waals surface area contributed by atoms with Crippen LogP contribution in [0, 0.1) is 0 Å². The fourth-order valence-corrected chi connectivity index (χ4v) is 2.41. The number of nitrogens with one attached hydrogen (secondary N) is 1. The lowest BCUT2D eigenvalue weighted by Gasteiger charge is -2.11. The SMILES string of the molecule is O=CNc1cc(-c2ccccc2)ccc1-c1ccccc1. The van der Waals surface area contributed by atoms with Crippen molar-refractivity contribution in [3.05, 3.63) is 78.9 Å². The first-order valence-corrected chi connectivity index (χ1v) is 6.83. The largest absolute Gasteiger partial charge is 0.328 e. The Hall–Kier alpha value is -2.87. The van der Waals surface area contributed by atoms with E-state index in [0.717, 1.165) is 34.4 Å². The molecule has 102 valence electrons. The van der Waals surface area contributed by atoms with Gasteiger partial charge in [-0.2, -0.15) is 0 Å². The molecule has 0 saturated heterocycles. The molecule has 0 fully saturated rings. The van der Waals surface area contributed by atoms with Crippen LogP contribution in [0.25, 0.3) is 22.3 Å². The molecule has 0 aliphatic heterocycles. The first-order valence-electron chi connectivity index (χ1n) is 6.83. The Morgan fingerprint density at radius 3 is 1.90 bits per heavy atom. The Bertz CT molecular complexity index is 736. The quantitative estimate of drug-likeness (QED) is 0.692. The molecule has 0 aliphatic carbocycles. The van der Waals surface area contributed by atoms with Gasteiger partial charge in [-0.05, 0) is 22.8 Å². The van der Waals surface area contributed by atoms with Crippen LogP contribution in [0.15, 0.2) is 78.9 Å². The van der Waals surface area contributed by atoms with Crippen molar-refractivity contribution < 1.29 is 4.79 Å². The predicted molar refractivity (Wildman–Crippen MR) is 87.0 cm³/mol. The van der Waals surface area contributed by atoms with E-state index in [1.165, 1.54) is 0 Å². The third-order valence-corrected chi connectivity index (χ3v) is 3.43. The fourth-order valence-electron chi connectivity index (χ4n) is 2.41. The fraction of sp³-hybridized carbons (Fsp3) is 0. The van der Waals surface area contributed by atoms with Gasteiger partial charge in [0.15, 0.2) is 0 Å². The van der Waals surface area contributed by atoms with Crippen molar-refractivity contribution in [2.24, 2.45) is 0 Å². The van der Waals surface area contributed by atoms with Gasteiger partial charge < -0.3 is 5.32 Å². The Morgan fingerprint density at radius 1 is 0.667 bits per heavy atom. The number of hydrogen-bond donors (Lipinski definition) is 1. The molecule has 0 heterocycles. The Balaban J connectivity index is 2.09. The second kappa shape index (κ2) is 6.06. The molecule has 0 spiro atoms. The van der Waals surface area contributed by atoms with Crippen molar-refractivity contribution >= 4 is 12.1 Å². The Labute approximate surface area is 124 Å². The highest BCUT2D eigenvalue weighted by Gasteiger charge is 2.07. The van der Waals surface area contributed by atoms with Crippen LogP contribution in [0.3, 0.4) is 0 Å². The van der Waals surface area contributed by atoms with Gasteiger partial charge in [-0.3, -0.25) is 4.79 Å². The maximum atomic E-state index is 10.9. The van der Waals surface area contributed by atoms with Gasteiger partial charge in [0.1, 0.15) is 0 Å². The number of hydrogen-bond acceptors (Lipinski definition) is 1. The molecule has 0 aliphatic rings. The number of benzene rings is 3. The molecule has 0 unspecified atom stereocenters. The van der Waals surface area contributed by atoms with E-state index in [4.69, 9.17) is 0 Å². The van der Waals surface area contributed by atoms with Crippen LogP contribution in [0.1, 0.15) is 0 Å². The third-order valence-electron chi connectivity index (χ3n) is 3.43. The third kappa shape index (κ3) is 2.84. The molecule has 2 nitrogen and oxygen atoms in total. The number of carbonyl (C=O) groups excluding carboxylic acids is 1. The summed E-state index contributed by atoms with van der Waals surface area (Å²) in [4.78, 5) is 10.9. The van der Waals surface area contributed by atoms with Gasteiger partial charge in [0.25, 0.3) is 0 Å². The van der Waals surface area contributed by atoms with E-state index in [1.54, 1.807) is 0 Å². The number of amides is 1. The zero-order valence-electron chi connectivity index (χ0n) is 11.5. The van der Waals surface area contributed by atoms with Gasteiger partial charge >= 0.3 is 0 Å². The highest BCUT2D eigenvalue weighted by molar-refractivity contribution is 5.88. The summed E-state index contributed by atoms with van der Waals surface area (Å²) in [5, 5.41) is 2.80. The summed E-state index contributed by atoms with van der Waals surface area (Å²) in [5.41, 5.74) is 5.13. The zero-order chi connectivity index (χ0) is 14.5. The van der Waals surface area contributed by atoms with E-state index in [1.807, 2.05) is 60.7 Å². The molecular formula is C19H15NO. The molecule has 0 aromatic heterocycles. The molecule has 3 aromatic rings. The van der Waals surface area contributed by atoms with Gasteiger partial charge in [0.2, 0.25) is 6.41 Å². The maximum Gasteiger partial charge on any atom is 0.211 e. The van der Waals surface area contributed by atoms with Gasteiger partial charge in [-0.15, -0.1) is 0 Å². The van der Waals surface area contributed by atoms with E-state index in [2.05, 4.69) is 23.5 Å². The molecule has 0 saturated carbocycles. The molecule has 0 radical (unpaired) electrons. The molecule has 21 heavy (non-hydrogen) atoms. The van der Waals surface area contributed by atoms with Crippen LogP contribution in [-0.2, 0) is 4.79 Å². The topological polar surface area (TPSA) is 29.1 Å². The Morgan fingerprint density at radius 2 is 1.29 bits per heavy atom. The van der Waals surface area contributed by atoms with E-state index >= 15 is 0 Å². The van der Waals surface area contributed by atoms with Crippen molar-refractivity contribution in [2.45, 2.75) is 0 Å². The zero-order valence-corrected chi connectivity index (χ0v) is 11.5. The van der Waals surface area contributed by atoms with Gasteiger partial charge in [0.05, 0.1) is 0 Å². The van der Waals surface area contributed by atoms with Crippen molar-refractivity contribution in [1.82, 2.24) is 0 Å². The molecule has 0 bridgehead atoms. The molecular weight excluding hydrogens is 258 g/mol. The lowest BCUT2D eigenvalue weighted by molar-refractivity contribution is -0.105. The second-order valence-electron chi connectivity index (χ2n) is 4.75. The molecule has 2 heteroatoms. The molecule has 0 atom stereocenters. The van der Waals surface area contributed by atoms with Gasteiger partial charge in [0, 0.05) is 11.3 Å². The Kier molecular flexibility index (Phi) is 3.79. The van der Waals surface area contributed by atoms with E-state index < -0.39 is 0 Å². The minimum absolute atomic E-state index is 0.719. The summed E-state index contributed by atoms with van der Waals surface area (Å²) >= 11 is 0. The second-order valence-corrected chi connectivity index (χ2v) is 4.75. The van der Waals surface area contributed by atoms with Crippen molar-refractivity contribution in [3.8, 4) is 22.3 Å². The van der Waals surface area contributed by atoms with E-state index in [0.29, 0.717) is 0 Å². The lowest BCUT2D eigenvalue weighted by Crippen LogP contribution is -1.97. The van der Waals surface area contributed by atoms with Crippen LogP contribution in [0.4, 0.5) is 5.69 Å². The minimum Gasteiger partial charge on any atom is -0.328 e. The van der Waals surface area contributed by atoms with Crippen LogP contribution >= 0.6 is 0 Å². The lowest BCUT2D eigenvalue weighted by atomic mass is 9.98. The smallest absolute Gasteiger partial charge is 0.211 e. The number of rotatable bonds is 4. The summed E-state index contributed by atoms with van der Waals surface area (Å²) in [6.07, 6.45) is 0.719. The maximum absolute atomic E-state index is 10.9. The summed E-state index contributed by atoms with van der Waals surface area (Å²) < 4.78 is 0. The first-order chi connectivity index (χ1) is 10.4. The average molecular weight is 273 g/mol. The van der Waals surface area contributed by atoms with Crippen molar-refractivity contribution in [2.75, 3.05) is 5.32 Å². The first kappa shape index (κ1) is 13.1. The van der Waals surface area contributed by atoms with Gasteiger partial charge in [-0.1, -0.05) is 72.8 Å². The highest BCUT2D eigenvalue weighted by Crippen LogP contribution is 2.32. The van der Waals surface area contributed by atoms with Crippen LogP contribution < -0.4 is 5.32 Å². The van der Waals surface area contributed by atoms with Crippen LogP contribution in [0.5, 0.6) is 0 Å². The standard InChI is InChI=1S/C19H15NO/c21-14-20-19-13-17(15-7-3-1-4-8-15)11-12-18(19)16-9-5-2-6-10-16/h1-14H,(H,20,21). The summed E-state index contributed by atoms with van der Waals surface area (Å²) in [5.74, 6) is 0. The van der Waals surface area contributed by atoms with Crippen molar-refractivity contribution in [3.63, 3.8) is 0 Å². The minimum atomic E-state index is 0.719. The average Bonchev–Trinajstić information content (AvgIpc) is 2.57. The summed E-state index contributed by atoms with van der Waals surface area (Å²) in [6.45, 7) is 0. The normalized spacial score (nSPS) is 10.1. The molecule has 3 rings (SSSR count). The highest BCUT2D eigenvalue weighted by atomic mass is 16.1. The van der Waals surface area contributed by atoms with E-state index in [9.17, 15) is 4.79 Å². The van der Waals surface area contributed by atoms with Crippen LogP contribution in [-0.4, -0.2) is 6.41 Å². The number of carbonyl (C=O) groups is 1.